The van der Waals surface area contributed by atoms with Gasteiger partial charge in [-0.15, -0.1) is 0 Å². The Morgan fingerprint density at radius 3 is 2.80 bits per heavy atom. The fourth-order valence-corrected chi connectivity index (χ4v) is 3.09. The first-order chi connectivity index (χ1) is 14.5. The van der Waals surface area contributed by atoms with Gasteiger partial charge in [-0.1, -0.05) is 46.9 Å². The summed E-state index contributed by atoms with van der Waals surface area (Å²) in [5, 5.41) is 18.7. The molecule has 2 aromatic carbocycles. The summed E-state index contributed by atoms with van der Waals surface area (Å²) in [6, 6.07) is 14.5. The number of hydrogen-bond acceptors (Lipinski definition) is 6. The SMILES string of the molecule is NC(=O)c1c(N=Cc2ccccc2OCC(=O)O)n[nH]c1Nc1cccc(CI)c1. The maximum absolute atomic E-state index is 12.0. The fraction of sp³-hybridized carbons (Fsp3) is 0.100. The highest BCUT2D eigenvalue weighted by Crippen LogP contribution is 2.27. The van der Waals surface area contributed by atoms with Crippen LogP contribution in [0.1, 0.15) is 21.5 Å². The predicted octanol–water partition coefficient (Wildman–Crippen LogP) is 3.40. The largest absolute Gasteiger partial charge is 0.481 e. The molecule has 1 amide bonds. The second-order valence-corrected chi connectivity index (χ2v) is 6.86. The second-order valence-electron chi connectivity index (χ2n) is 6.10. The summed E-state index contributed by atoms with van der Waals surface area (Å²) in [6.07, 6.45) is 1.43. The minimum Gasteiger partial charge on any atom is -0.481 e. The highest BCUT2D eigenvalue weighted by molar-refractivity contribution is 14.1. The standard InChI is InChI=1S/C20H18IN5O4/c21-9-12-4-3-6-14(8-12)24-20-17(18(22)29)19(25-26-20)23-10-13-5-1-2-7-15(13)30-11-16(27)28/h1-8,10H,9,11H2,(H2,22,29)(H,27,28)(H2,24,25,26). The Morgan fingerprint density at radius 2 is 2.07 bits per heavy atom. The van der Waals surface area contributed by atoms with Crippen molar-refractivity contribution in [2.75, 3.05) is 11.9 Å². The molecule has 0 saturated carbocycles. The maximum atomic E-state index is 12.0. The molecule has 1 aromatic heterocycles. The van der Waals surface area contributed by atoms with Gasteiger partial charge in [0.1, 0.15) is 17.1 Å². The van der Waals surface area contributed by atoms with E-state index in [0.717, 1.165) is 15.7 Å². The van der Waals surface area contributed by atoms with E-state index in [1.807, 2.05) is 24.3 Å². The minimum atomic E-state index is -1.09. The number of ether oxygens (including phenoxy) is 1. The van der Waals surface area contributed by atoms with Crippen molar-refractivity contribution < 1.29 is 19.4 Å². The lowest BCUT2D eigenvalue weighted by Gasteiger charge is -2.07. The number of carboxylic acids is 1. The van der Waals surface area contributed by atoms with E-state index in [2.05, 4.69) is 43.1 Å². The summed E-state index contributed by atoms with van der Waals surface area (Å²) in [7, 11) is 0. The van der Waals surface area contributed by atoms with Gasteiger partial charge in [-0.2, -0.15) is 5.10 Å². The van der Waals surface area contributed by atoms with E-state index in [1.54, 1.807) is 24.3 Å². The van der Waals surface area contributed by atoms with Gasteiger partial charge in [0.25, 0.3) is 5.91 Å². The van der Waals surface area contributed by atoms with Crippen molar-refractivity contribution in [1.82, 2.24) is 10.2 Å². The summed E-state index contributed by atoms with van der Waals surface area (Å²) >= 11 is 2.27. The Bertz CT molecular complexity index is 1100. The molecule has 3 rings (SSSR count). The number of nitrogens with one attached hydrogen (secondary N) is 2. The number of aliphatic imine (C=N–C) groups is 1. The molecule has 0 atom stereocenters. The number of nitrogens with two attached hydrogens (primary N) is 1. The Kier molecular flexibility index (Phi) is 7.01. The maximum Gasteiger partial charge on any atom is 0.341 e. The van der Waals surface area contributed by atoms with Crippen LogP contribution in [0.3, 0.4) is 0 Å². The molecule has 10 heteroatoms. The molecule has 0 spiro atoms. The minimum absolute atomic E-state index is 0.100. The van der Waals surface area contributed by atoms with Gasteiger partial charge in [0.2, 0.25) is 0 Å². The van der Waals surface area contributed by atoms with Crippen LogP contribution in [0, 0.1) is 0 Å². The van der Waals surface area contributed by atoms with Crippen molar-refractivity contribution >= 4 is 58.0 Å². The van der Waals surface area contributed by atoms with Crippen molar-refractivity contribution in [2.45, 2.75) is 4.43 Å². The fourth-order valence-electron chi connectivity index (χ4n) is 2.62. The lowest BCUT2D eigenvalue weighted by Crippen LogP contribution is -2.12. The Balaban J connectivity index is 1.87. The zero-order valence-electron chi connectivity index (χ0n) is 15.6. The van der Waals surface area contributed by atoms with Gasteiger partial charge in [0.15, 0.2) is 12.4 Å². The van der Waals surface area contributed by atoms with Crippen LogP contribution >= 0.6 is 22.6 Å². The lowest BCUT2D eigenvalue weighted by atomic mass is 10.2. The van der Waals surface area contributed by atoms with Crippen LogP contribution < -0.4 is 15.8 Å². The number of halogens is 1. The van der Waals surface area contributed by atoms with E-state index in [0.29, 0.717) is 17.1 Å². The molecule has 0 unspecified atom stereocenters. The molecule has 0 aliphatic carbocycles. The topological polar surface area (TPSA) is 143 Å². The molecule has 0 bridgehead atoms. The number of nitrogens with zero attached hydrogens (tertiary/aromatic N) is 2. The number of para-hydroxylation sites is 1. The number of H-pyrrole nitrogens is 1. The number of aliphatic carboxylic acids is 1. The number of aromatic nitrogens is 2. The third kappa shape index (κ3) is 5.35. The zero-order chi connectivity index (χ0) is 21.5. The quantitative estimate of drug-likeness (QED) is 0.194. The molecule has 0 fully saturated rings. The number of aromatic amines is 1. The van der Waals surface area contributed by atoms with Gasteiger partial charge >= 0.3 is 5.97 Å². The van der Waals surface area contributed by atoms with Crippen molar-refractivity contribution in [2.24, 2.45) is 10.7 Å². The molecule has 5 N–H and O–H groups in total. The summed E-state index contributed by atoms with van der Waals surface area (Å²) in [5.41, 5.74) is 8.08. The Morgan fingerprint density at radius 1 is 1.27 bits per heavy atom. The third-order valence-corrected chi connectivity index (χ3v) is 4.82. The predicted molar refractivity (Wildman–Crippen MR) is 121 cm³/mol. The first kappa shape index (κ1) is 21.3. The summed E-state index contributed by atoms with van der Waals surface area (Å²) in [5.74, 6) is -1.02. The number of benzene rings is 2. The number of carbonyl (C=O) groups is 2. The van der Waals surface area contributed by atoms with Gasteiger partial charge in [0.05, 0.1) is 0 Å². The number of primary amides is 1. The number of carbonyl (C=O) groups excluding carboxylic acids is 1. The van der Waals surface area contributed by atoms with Crippen LogP contribution in [0.5, 0.6) is 5.75 Å². The summed E-state index contributed by atoms with van der Waals surface area (Å²) < 4.78 is 6.09. The van der Waals surface area contributed by atoms with Crippen molar-refractivity contribution in [3.05, 3.63) is 65.2 Å². The molecule has 30 heavy (non-hydrogen) atoms. The van der Waals surface area contributed by atoms with Crippen molar-refractivity contribution in [1.29, 1.82) is 0 Å². The lowest BCUT2D eigenvalue weighted by molar-refractivity contribution is -0.139. The van der Waals surface area contributed by atoms with Gasteiger partial charge in [0, 0.05) is 21.9 Å². The molecule has 0 aliphatic rings. The van der Waals surface area contributed by atoms with Gasteiger partial charge in [-0.05, 0) is 29.8 Å². The highest BCUT2D eigenvalue weighted by Gasteiger charge is 2.18. The van der Waals surface area contributed by atoms with Crippen LogP contribution in [0.4, 0.5) is 17.3 Å². The van der Waals surface area contributed by atoms with E-state index < -0.39 is 18.5 Å². The number of amides is 1. The van der Waals surface area contributed by atoms with Crippen LogP contribution in [-0.2, 0) is 9.22 Å². The first-order valence-corrected chi connectivity index (χ1v) is 10.3. The molecule has 0 aliphatic heterocycles. The van der Waals surface area contributed by atoms with Crippen LogP contribution in [0.15, 0.2) is 53.5 Å². The number of hydrogen-bond donors (Lipinski definition) is 4. The van der Waals surface area contributed by atoms with E-state index in [1.165, 1.54) is 6.21 Å². The molecule has 3 aromatic rings. The van der Waals surface area contributed by atoms with Gasteiger partial charge < -0.3 is 20.9 Å². The summed E-state index contributed by atoms with van der Waals surface area (Å²) in [6.45, 7) is -0.482. The first-order valence-electron chi connectivity index (χ1n) is 8.75. The number of rotatable bonds is 9. The van der Waals surface area contributed by atoms with E-state index in [4.69, 9.17) is 15.6 Å². The smallest absolute Gasteiger partial charge is 0.341 e. The zero-order valence-corrected chi connectivity index (χ0v) is 17.8. The molecule has 0 saturated heterocycles. The third-order valence-electron chi connectivity index (χ3n) is 3.94. The number of carboxylic acid groups (broad SMARTS) is 1. The molecular formula is C20H18IN5O4. The van der Waals surface area contributed by atoms with E-state index in [9.17, 15) is 9.59 Å². The van der Waals surface area contributed by atoms with E-state index >= 15 is 0 Å². The van der Waals surface area contributed by atoms with Gasteiger partial charge in [-0.3, -0.25) is 9.89 Å². The molecular weight excluding hydrogens is 501 g/mol. The van der Waals surface area contributed by atoms with Crippen molar-refractivity contribution in [3.8, 4) is 5.75 Å². The normalized spacial score (nSPS) is 10.8. The monoisotopic (exact) mass is 519 g/mol. The van der Waals surface area contributed by atoms with Crippen LogP contribution in [0.2, 0.25) is 0 Å². The van der Waals surface area contributed by atoms with E-state index in [-0.39, 0.29) is 11.4 Å². The summed E-state index contributed by atoms with van der Waals surface area (Å²) in [4.78, 5) is 27.0. The molecule has 0 radical (unpaired) electrons. The van der Waals surface area contributed by atoms with Crippen molar-refractivity contribution in [3.63, 3.8) is 0 Å². The Hall–Kier alpha value is -3.41. The molecule has 154 valence electrons. The van der Waals surface area contributed by atoms with Crippen LogP contribution in [0.25, 0.3) is 0 Å². The highest BCUT2D eigenvalue weighted by atomic mass is 127. The molecule has 1 heterocycles. The second kappa shape index (κ2) is 9.87. The Labute approximate surface area is 185 Å². The average Bonchev–Trinajstić information content (AvgIpc) is 3.14. The number of alkyl halides is 1. The number of anilines is 2. The molecule has 9 nitrogen and oxygen atoms in total. The van der Waals surface area contributed by atoms with Gasteiger partial charge in [-0.25, -0.2) is 9.79 Å². The van der Waals surface area contributed by atoms with Crippen LogP contribution in [-0.4, -0.2) is 40.0 Å². The average molecular weight is 519 g/mol.